The predicted molar refractivity (Wildman–Crippen MR) is 130 cm³/mol. The number of ether oxygens (including phenoxy) is 1. The van der Waals surface area contributed by atoms with E-state index < -0.39 is 17.1 Å². The number of hydrogen-bond acceptors (Lipinski definition) is 6. The average Bonchev–Trinajstić information content (AvgIpc) is 3.04. The Bertz CT molecular complexity index is 1270. The number of nitrogens with zero attached hydrogens (tertiary/aromatic N) is 2. The lowest BCUT2D eigenvalue weighted by Crippen LogP contribution is -2.47. The van der Waals surface area contributed by atoms with E-state index in [0.29, 0.717) is 19.8 Å². The lowest BCUT2D eigenvalue weighted by atomic mass is 9.99. The van der Waals surface area contributed by atoms with Crippen LogP contribution in [0.4, 0.5) is 0 Å². The summed E-state index contributed by atoms with van der Waals surface area (Å²) >= 11 is 1.88. The smallest absolute Gasteiger partial charge is 0.273 e. The third-order valence-corrected chi connectivity index (χ3v) is 7.42. The quantitative estimate of drug-likeness (QED) is 0.527. The summed E-state index contributed by atoms with van der Waals surface area (Å²) in [5.74, 6) is 0.737. The number of rotatable bonds is 7. The van der Waals surface area contributed by atoms with E-state index >= 15 is 0 Å². The number of unbranched alkanes of at least 4 members (excludes halogenated alkanes) is 2. The molecule has 0 bridgehead atoms. The minimum Gasteiger partial charge on any atom is -0.868 e. The zero-order valence-electron chi connectivity index (χ0n) is 18.8. The number of pyridine rings is 1. The van der Waals surface area contributed by atoms with E-state index in [4.69, 9.17) is 4.74 Å². The summed E-state index contributed by atoms with van der Waals surface area (Å²) in [5.41, 5.74) is 6.13. The summed E-state index contributed by atoms with van der Waals surface area (Å²) in [6.45, 7) is 1.43. The number of amides is 1. The second-order valence-electron chi connectivity index (χ2n) is 8.49. The average molecular weight is 477 g/mol. The summed E-state index contributed by atoms with van der Waals surface area (Å²) in [6, 6.07) is 16.0. The summed E-state index contributed by atoms with van der Waals surface area (Å²) in [7, 11) is 0. The van der Waals surface area contributed by atoms with Crippen LogP contribution in [0.2, 0.25) is 0 Å². The van der Waals surface area contributed by atoms with Gasteiger partial charge in [-0.2, -0.15) is 0 Å². The zero-order chi connectivity index (χ0) is 23.5. The minimum absolute atomic E-state index is 0.119. The molecule has 0 unspecified atom stereocenters. The predicted octanol–water partition coefficient (Wildman–Crippen LogP) is 3.32. The maximum Gasteiger partial charge on any atom is 0.273 e. The van der Waals surface area contributed by atoms with Crippen molar-refractivity contribution in [1.29, 1.82) is 0 Å². The van der Waals surface area contributed by atoms with Crippen molar-refractivity contribution >= 4 is 17.7 Å². The van der Waals surface area contributed by atoms with Gasteiger partial charge < -0.3 is 20.2 Å². The van der Waals surface area contributed by atoms with Crippen molar-refractivity contribution in [3.63, 3.8) is 0 Å². The van der Waals surface area contributed by atoms with Gasteiger partial charge in [-0.3, -0.25) is 14.3 Å². The van der Waals surface area contributed by atoms with Crippen LogP contribution in [0.25, 0.3) is 0 Å². The van der Waals surface area contributed by atoms with Gasteiger partial charge >= 0.3 is 0 Å². The summed E-state index contributed by atoms with van der Waals surface area (Å²) in [5, 5.41) is 12.1. The lowest BCUT2D eigenvalue weighted by molar-refractivity contribution is -0.271. The molecule has 0 saturated heterocycles. The second-order valence-corrected chi connectivity index (χ2v) is 9.51. The minimum atomic E-state index is -0.763. The van der Waals surface area contributed by atoms with Crippen molar-refractivity contribution in [2.45, 2.75) is 36.3 Å². The molecule has 7 nitrogen and oxygen atoms in total. The van der Waals surface area contributed by atoms with Crippen LogP contribution in [0.1, 0.15) is 46.4 Å². The fourth-order valence-corrected chi connectivity index (χ4v) is 5.48. The molecule has 0 saturated carbocycles. The van der Waals surface area contributed by atoms with E-state index in [0.717, 1.165) is 37.2 Å². The molecule has 2 aliphatic rings. The third-order valence-electron chi connectivity index (χ3n) is 6.26. The number of hydrogen-bond donors (Lipinski definition) is 1. The molecular formula is C26H26N3O4S-. The lowest BCUT2D eigenvalue weighted by Gasteiger charge is -2.33. The number of thioether (sulfide) groups is 1. The fraction of sp³-hybridized carbons (Fsp3) is 0.308. The van der Waals surface area contributed by atoms with Gasteiger partial charge in [-0.1, -0.05) is 30.3 Å². The standard InChI is InChI=1S/C26H27N3O4S/c30-21-11-13-29-24(25(21)31)26(32)28(17-27-29)12-4-1-5-14-33-22-9-6-8-19-16-34-23-10-3-2-7-18(23)15-20(19)22/h2-3,6-11,13,27,31H,1,4-5,12,14-17H2/p-1. The summed E-state index contributed by atoms with van der Waals surface area (Å²) < 4.78 is 7.53. The molecule has 5 rings (SSSR count). The first-order chi connectivity index (χ1) is 16.6. The van der Waals surface area contributed by atoms with Gasteiger partial charge in [0.1, 0.15) is 18.1 Å². The Labute approximate surface area is 202 Å². The molecule has 1 amide bonds. The van der Waals surface area contributed by atoms with Crippen molar-refractivity contribution in [1.82, 2.24) is 9.58 Å². The van der Waals surface area contributed by atoms with Crippen LogP contribution in [0.3, 0.4) is 0 Å². The molecule has 2 aliphatic heterocycles. The van der Waals surface area contributed by atoms with E-state index in [9.17, 15) is 14.7 Å². The van der Waals surface area contributed by atoms with Gasteiger partial charge in [0, 0.05) is 41.4 Å². The second kappa shape index (κ2) is 9.85. The normalized spacial score (nSPS) is 14.5. The van der Waals surface area contributed by atoms with E-state index in [2.05, 4.69) is 47.9 Å². The van der Waals surface area contributed by atoms with Crippen LogP contribution < -0.4 is 20.7 Å². The molecule has 3 aromatic rings. The molecule has 3 heterocycles. The molecule has 8 heteroatoms. The van der Waals surface area contributed by atoms with Crippen molar-refractivity contribution in [3.05, 3.63) is 87.3 Å². The molecule has 176 valence electrons. The first kappa shape index (κ1) is 22.4. The van der Waals surface area contributed by atoms with Gasteiger partial charge in [0.05, 0.1) is 6.61 Å². The Morgan fingerprint density at radius 2 is 1.85 bits per heavy atom. The van der Waals surface area contributed by atoms with Crippen LogP contribution >= 0.6 is 11.8 Å². The summed E-state index contributed by atoms with van der Waals surface area (Å²) in [4.78, 5) is 27.2. The molecule has 0 spiro atoms. The highest BCUT2D eigenvalue weighted by molar-refractivity contribution is 7.98. The molecule has 34 heavy (non-hydrogen) atoms. The van der Waals surface area contributed by atoms with Gasteiger partial charge in [0.15, 0.2) is 5.43 Å². The molecule has 1 N–H and O–H groups in total. The molecule has 1 aromatic heterocycles. The van der Waals surface area contributed by atoms with Gasteiger partial charge in [0.2, 0.25) is 0 Å². The monoisotopic (exact) mass is 476 g/mol. The highest BCUT2D eigenvalue weighted by Gasteiger charge is 2.24. The van der Waals surface area contributed by atoms with E-state index in [-0.39, 0.29) is 5.69 Å². The van der Waals surface area contributed by atoms with Crippen molar-refractivity contribution in [2.24, 2.45) is 0 Å². The van der Waals surface area contributed by atoms with E-state index in [1.54, 1.807) is 4.90 Å². The number of benzene rings is 2. The topological polar surface area (TPSA) is 86.6 Å². The Morgan fingerprint density at radius 1 is 1.00 bits per heavy atom. The molecule has 0 radical (unpaired) electrons. The maximum atomic E-state index is 12.6. The van der Waals surface area contributed by atoms with E-state index in [1.807, 2.05) is 11.8 Å². The highest BCUT2D eigenvalue weighted by atomic mass is 32.2. The highest BCUT2D eigenvalue weighted by Crippen LogP contribution is 2.37. The van der Waals surface area contributed by atoms with Gasteiger partial charge in [0.25, 0.3) is 5.91 Å². The third kappa shape index (κ3) is 4.50. The molecule has 0 fully saturated rings. The molecular weight excluding hydrogens is 450 g/mol. The Kier molecular flexibility index (Phi) is 6.49. The maximum absolute atomic E-state index is 12.6. The van der Waals surface area contributed by atoms with Gasteiger partial charge in [-0.15, -0.1) is 11.8 Å². The number of fused-ring (bicyclic) bond motifs is 3. The Hall–Kier alpha value is -3.39. The molecule has 0 atom stereocenters. The van der Waals surface area contributed by atoms with Crippen LogP contribution in [0.15, 0.2) is 64.4 Å². The number of aromatic nitrogens is 1. The number of nitrogens with one attached hydrogen (secondary N) is 1. The first-order valence-electron chi connectivity index (χ1n) is 11.5. The summed E-state index contributed by atoms with van der Waals surface area (Å²) in [6.07, 6.45) is 4.85. The van der Waals surface area contributed by atoms with Crippen molar-refractivity contribution in [2.75, 3.05) is 25.2 Å². The van der Waals surface area contributed by atoms with Gasteiger partial charge in [-0.25, -0.2) is 0 Å². The first-order valence-corrected chi connectivity index (χ1v) is 12.5. The van der Waals surface area contributed by atoms with Crippen LogP contribution in [-0.2, 0) is 12.2 Å². The fourth-order valence-electron chi connectivity index (χ4n) is 4.40. The Balaban J connectivity index is 1.12. The number of carbonyl (C=O) groups is 1. The molecule has 2 aromatic carbocycles. The van der Waals surface area contributed by atoms with Gasteiger partial charge in [-0.05, 0) is 48.3 Å². The van der Waals surface area contributed by atoms with E-state index in [1.165, 1.54) is 38.5 Å². The van der Waals surface area contributed by atoms with Crippen LogP contribution in [-0.4, -0.2) is 35.3 Å². The van der Waals surface area contributed by atoms with Crippen molar-refractivity contribution in [3.8, 4) is 11.5 Å². The Morgan fingerprint density at radius 3 is 2.76 bits per heavy atom. The van der Waals surface area contributed by atoms with Crippen molar-refractivity contribution < 1.29 is 14.6 Å². The zero-order valence-corrected chi connectivity index (χ0v) is 19.6. The SMILES string of the molecule is O=C1c2c([O-])c(=O)ccn2NCN1CCCCCOc1cccc2c1Cc1ccccc1SC2. The number of carbonyl (C=O) groups excluding carboxylic acids is 1. The van der Waals surface area contributed by atoms with Crippen LogP contribution in [0, 0.1) is 0 Å². The molecule has 0 aliphatic carbocycles. The largest absolute Gasteiger partial charge is 0.868 e. The van der Waals surface area contributed by atoms with Crippen LogP contribution in [0.5, 0.6) is 11.5 Å².